The normalized spacial score (nSPS) is 15.9. The monoisotopic (exact) mass is 380 g/mol. The van der Waals surface area contributed by atoms with Crippen molar-refractivity contribution in [2.45, 2.75) is 18.4 Å². The smallest absolute Gasteiger partial charge is 0.261 e. The molecule has 0 amide bonds. The van der Waals surface area contributed by atoms with Crippen LogP contribution in [0.5, 0.6) is 0 Å². The molecule has 3 rings (SSSR count). The minimum absolute atomic E-state index is 0.228. The van der Waals surface area contributed by atoms with Gasteiger partial charge in [-0.25, -0.2) is 8.42 Å². The maximum atomic E-state index is 12.4. The maximum Gasteiger partial charge on any atom is 0.261 e. The molecule has 0 atom stereocenters. The lowest BCUT2D eigenvalue weighted by Gasteiger charge is -2.27. The van der Waals surface area contributed by atoms with E-state index in [9.17, 15) is 8.42 Å². The number of sulfonamides is 1. The number of ether oxygens (including phenoxy) is 1. The number of hydrogen-bond acceptors (Lipinski definition) is 4. The summed E-state index contributed by atoms with van der Waals surface area (Å²) in [6.45, 7) is 5.85. The Hall–Kier alpha value is -1.60. The lowest BCUT2D eigenvalue weighted by molar-refractivity contribution is 0.0342. The van der Waals surface area contributed by atoms with E-state index in [-0.39, 0.29) is 4.90 Å². The van der Waals surface area contributed by atoms with Crippen LogP contribution in [-0.2, 0) is 21.3 Å². The summed E-state index contributed by atoms with van der Waals surface area (Å²) in [5, 5.41) is 0.551. The average molecular weight is 381 g/mol. The first-order valence-electron chi connectivity index (χ1n) is 8.12. The third-order valence-electron chi connectivity index (χ3n) is 4.13. The van der Waals surface area contributed by atoms with Crippen LogP contribution in [0.4, 0.5) is 5.69 Å². The van der Waals surface area contributed by atoms with Crippen molar-refractivity contribution in [1.29, 1.82) is 0 Å². The van der Waals surface area contributed by atoms with E-state index in [1.807, 2.05) is 13.0 Å². The number of hydrogen-bond donors (Lipinski definition) is 1. The molecule has 1 heterocycles. The van der Waals surface area contributed by atoms with Crippen molar-refractivity contribution in [3.8, 4) is 0 Å². The number of nitrogens with one attached hydrogen (secondary N) is 1. The zero-order valence-electron chi connectivity index (χ0n) is 14.0. The summed E-state index contributed by atoms with van der Waals surface area (Å²) in [4.78, 5) is 2.49. The molecule has 1 N–H and O–H groups in total. The molecule has 2 aromatic rings. The van der Waals surface area contributed by atoms with E-state index in [1.54, 1.807) is 36.4 Å². The van der Waals surface area contributed by atoms with E-state index < -0.39 is 10.0 Å². The Balaban J connectivity index is 1.72. The molecule has 1 aliphatic rings. The summed E-state index contributed by atoms with van der Waals surface area (Å²) in [5.74, 6) is 0. The summed E-state index contributed by atoms with van der Waals surface area (Å²) in [6, 6.07) is 12.0. The molecule has 1 saturated heterocycles. The highest BCUT2D eigenvalue weighted by Crippen LogP contribution is 2.24. The highest BCUT2D eigenvalue weighted by Gasteiger charge is 2.16. The van der Waals surface area contributed by atoms with E-state index in [4.69, 9.17) is 16.3 Å². The van der Waals surface area contributed by atoms with Gasteiger partial charge >= 0.3 is 0 Å². The van der Waals surface area contributed by atoms with Crippen LogP contribution in [0, 0.1) is 6.92 Å². The molecule has 1 fully saturated rings. The molecule has 1 aliphatic heterocycles. The molecule has 0 radical (unpaired) electrons. The van der Waals surface area contributed by atoms with Gasteiger partial charge in [-0.1, -0.05) is 35.4 Å². The first-order chi connectivity index (χ1) is 11.9. The van der Waals surface area contributed by atoms with Crippen LogP contribution in [0.25, 0.3) is 0 Å². The van der Waals surface area contributed by atoms with E-state index in [1.165, 1.54) is 0 Å². The highest BCUT2D eigenvalue weighted by atomic mass is 35.5. The summed E-state index contributed by atoms with van der Waals surface area (Å²) in [5.41, 5.74) is 2.44. The zero-order valence-corrected chi connectivity index (χ0v) is 15.6. The Morgan fingerprint density at radius 1 is 1.12 bits per heavy atom. The first-order valence-corrected chi connectivity index (χ1v) is 9.98. The number of aryl methyl sites for hydroxylation is 1. The molecule has 0 aromatic heterocycles. The van der Waals surface area contributed by atoms with Gasteiger partial charge in [-0.05, 0) is 36.8 Å². The Kier molecular flexibility index (Phi) is 5.64. The van der Waals surface area contributed by atoms with Crippen LogP contribution in [0.15, 0.2) is 47.4 Å². The number of nitrogens with zero attached hydrogens (tertiary/aromatic N) is 1. The molecule has 134 valence electrons. The number of benzene rings is 2. The second-order valence-corrected chi connectivity index (χ2v) is 8.20. The van der Waals surface area contributed by atoms with E-state index in [2.05, 4.69) is 9.62 Å². The molecule has 0 aliphatic carbocycles. The van der Waals surface area contributed by atoms with Crippen molar-refractivity contribution >= 4 is 27.3 Å². The second-order valence-electron chi connectivity index (χ2n) is 6.11. The topological polar surface area (TPSA) is 58.6 Å². The van der Waals surface area contributed by atoms with Crippen molar-refractivity contribution < 1.29 is 13.2 Å². The van der Waals surface area contributed by atoms with Crippen LogP contribution < -0.4 is 4.72 Å². The molecule has 0 saturated carbocycles. The summed E-state index contributed by atoms with van der Waals surface area (Å²) in [7, 11) is -3.62. The van der Waals surface area contributed by atoms with Crippen molar-refractivity contribution in [3.63, 3.8) is 0 Å². The van der Waals surface area contributed by atoms with Crippen molar-refractivity contribution in [1.82, 2.24) is 4.90 Å². The van der Waals surface area contributed by atoms with Gasteiger partial charge in [-0.15, -0.1) is 0 Å². The standard InChI is InChI=1S/C18H21ClN2O3S/c1-14-2-6-17(7-3-14)25(22,23)20-16-5-4-15(18(19)12-16)13-21-8-10-24-11-9-21/h2-7,12,20H,8-11,13H2,1H3. The Labute approximate surface area is 153 Å². The fraction of sp³-hybridized carbons (Fsp3) is 0.333. The summed E-state index contributed by atoms with van der Waals surface area (Å²) < 4.78 is 32.8. The van der Waals surface area contributed by atoms with E-state index in [0.717, 1.165) is 44.0 Å². The quantitative estimate of drug-likeness (QED) is 0.864. The Bertz CT molecular complexity index is 832. The minimum atomic E-state index is -3.62. The van der Waals surface area contributed by atoms with Gasteiger partial charge in [0.1, 0.15) is 0 Å². The van der Waals surface area contributed by atoms with Gasteiger partial charge in [0.15, 0.2) is 0 Å². The molecule has 7 heteroatoms. The van der Waals surface area contributed by atoms with Crippen LogP contribution in [0.1, 0.15) is 11.1 Å². The molecule has 0 bridgehead atoms. The third-order valence-corrected chi connectivity index (χ3v) is 5.88. The Morgan fingerprint density at radius 3 is 2.44 bits per heavy atom. The fourth-order valence-electron chi connectivity index (χ4n) is 2.67. The number of halogens is 1. The molecule has 0 unspecified atom stereocenters. The molecule has 5 nitrogen and oxygen atoms in total. The van der Waals surface area contributed by atoms with Crippen molar-refractivity contribution in [2.75, 3.05) is 31.0 Å². The Morgan fingerprint density at radius 2 is 1.80 bits per heavy atom. The molecular formula is C18H21ClN2O3S. The van der Waals surface area contributed by atoms with Gasteiger partial charge in [-0.2, -0.15) is 0 Å². The second kappa shape index (κ2) is 7.74. The highest BCUT2D eigenvalue weighted by molar-refractivity contribution is 7.92. The lowest BCUT2D eigenvalue weighted by Crippen LogP contribution is -2.35. The third kappa shape index (κ3) is 4.73. The van der Waals surface area contributed by atoms with E-state index >= 15 is 0 Å². The largest absolute Gasteiger partial charge is 0.379 e. The van der Waals surface area contributed by atoms with Crippen LogP contribution in [-0.4, -0.2) is 39.6 Å². The van der Waals surface area contributed by atoms with Crippen LogP contribution in [0.3, 0.4) is 0 Å². The van der Waals surface area contributed by atoms with Crippen LogP contribution in [0.2, 0.25) is 5.02 Å². The van der Waals surface area contributed by atoms with Crippen molar-refractivity contribution in [3.05, 3.63) is 58.6 Å². The predicted molar refractivity (Wildman–Crippen MR) is 99.5 cm³/mol. The summed E-state index contributed by atoms with van der Waals surface area (Å²) >= 11 is 6.35. The molecule has 25 heavy (non-hydrogen) atoms. The van der Waals surface area contributed by atoms with Gasteiger partial charge < -0.3 is 4.74 Å². The van der Waals surface area contributed by atoms with Gasteiger partial charge in [0.25, 0.3) is 10.0 Å². The van der Waals surface area contributed by atoms with E-state index in [0.29, 0.717) is 10.7 Å². The molecule has 0 spiro atoms. The fourth-order valence-corrected chi connectivity index (χ4v) is 3.96. The zero-order chi connectivity index (χ0) is 17.9. The van der Waals surface area contributed by atoms with Crippen LogP contribution >= 0.6 is 11.6 Å². The number of anilines is 1. The minimum Gasteiger partial charge on any atom is -0.379 e. The van der Waals surface area contributed by atoms with Gasteiger partial charge in [-0.3, -0.25) is 9.62 Å². The SMILES string of the molecule is Cc1ccc(S(=O)(=O)Nc2ccc(CN3CCOCC3)c(Cl)c2)cc1. The molecular weight excluding hydrogens is 360 g/mol. The first kappa shape index (κ1) is 18.2. The lowest BCUT2D eigenvalue weighted by atomic mass is 10.2. The number of rotatable bonds is 5. The maximum absolute atomic E-state index is 12.4. The molecule has 2 aromatic carbocycles. The van der Waals surface area contributed by atoms with Gasteiger partial charge in [0.05, 0.1) is 23.8 Å². The average Bonchev–Trinajstić information content (AvgIpc) is 2.58. The van der Waals surface area contributed by atoms with Gasteiger partial charge in [0.2, 0.25) is 0 Å². The number of morpholine rings is 1. The van der Waals surface area contributed by atoms with Crippen molar-refractivity contribution in [2.24, 2.45) is 0 Å². The summed E-state index contributed by atoms with van der Waals surface area (Å²) in [6.07, 6.45) is 0. The predicted octanol–water partition coefficient (Wildman–Crippen LogP) is 3.28. The van der Waals surface area contributed by atoms with Gasteiger partial charge in [0, 0.05) is 24.7 Å².